The fraction of sp³-hybridized carbons (Fsp3) is 0.143. The molecule has 0 aromatic carbocycles. The Morgan fingerprint density at radius 2 is 2.46 bits per heavy atom. The van der Waals surface area contributed by atoms with Gasteiger partial charge in [-0.25, -0.2) is 0 Å². The van der Waals surface area contributed by atoms with Crippen LogP contribution in [0.2, 0.25) is 0 Å². The van der Waals surface area contributed by atoms with E-state index in [-0.39, 0.29) is 11.3 Å². The van der Waals surface area contributed by atoms with Crippen LogP contribution in [0.1, 0.15) is 5.56 Å². The third-order valence-corrected chi connectivity index (χ3v) is 1.40. The second-order valence-electron chi connectivity index (χ2n) is 2.08. The predicted octanol–water partition coefficient (Wildman–Crippen LogP) is 0.870. The van der Waals surface area contributed by atoms with E-state index < -0.39 is 10.7 Å². The topological polar surface area (TPSA) is 89.1 Å². The maximum Gasteiger partial charge on any atom is 0.385 e. The molecule has 0 N–H and O–H groups in total. The lowest BCUT2D eigenvalue weighted by Gasteiger charge is -2.00. The second kappa shape index (κ2) is 3.49. The molecular weight excluding hydrogens is 174 g/mol. The van der Waals surface area contributed by atoms with E-state index in [0.717, 1.165) is 0 Å². The minimum absolute atomic E-state index is 0.157. The van der Waals surface area contributed by atoms with Gasteiger partial charge in [0.05, 0.1) is 7.11 Å². The van der Waals surface area contributed by atoms with Gasteiger partial charge in [0.1, 0.15) is 18.0 Å². The zero-order chi connectivity index (χ0) is 9.84. The van der Waals surface area contributed by atoms with Crippen LogP contribution in [0.25, 0.3) is 0 Å². The van der Waals surface area contributed by atoms with Gasteiger partial charge in [-0.05, 0) is 9.91 Å². The molecule has 0 saturated heterocycles. The smallest absolute Gasteiger partial charge is 0.385 e. The van der Waals surface area contributed by atoms with Gasteiger partial charge < -0.3 is 14.9 Å². The summed E-state index contributed by atoms with van der Waals surface area (Å²) >= 11 is 0. The van der Waals surface area contributed by atoms with Crippen molar-refractivity contribution in [3.05, 3.63) is 27.9 Å². The average Bonchev–Trinajstić information content (AvgIpc) is 2.16. The van der Waals surface area contributed by atoms with Crippen LogP contribution >= 0.6 is 0 Å². The number of methoxy groups -OCH3 is 1. The number of hydrogen-bond donors (Lipinski definition) is 0. The summed E-state index contributed by atoms with van der Waals surface area (Å²) in [7, 11) is 1.33. The molecule has 0 atom stereocenters. The number of rotatable bonds is 2. The zero-order valence-corrected chi connectivity index (χ0v) is 6.72. The lowest BCUT2D eigenvalue weighted by atomic mass is 10.2. The van der Waals surface area contributed by atoms with Crippen LogP contribution in [0.4, 0.5) is 5.82 Å². The Kier molecular flexibility index (Phi) is 2.40. The molecule has 0 aliphatic rings. The Balaban J connectivity index is 3.38. The van der Waals surface area contributed by atoms with Gasteiger partial charge in [-0.15, -0.1) is 0 Å². The van der Waals surface area contributed by atoms with Crippen molar-refractivity contribution in [2.24, 2.45) is 0 Å². The maximum absolute atomic E-state index is 10.4. The standard InChI is InChI=1S/C7H5N3O3/c1-13-6-2-3-9-7(10(11)12)5(6)4-8/h2-3H,1H3. The van der Waals surface area contributed by atoms with Crippen molar-refractivity contribution in [3.63, 3.8) is 0 Å². The van der Waals surface area contributed by atoms with Gasteiger partial charge in [0.15, 0.2) is 5.56 Å². The molecule has 6 nitrogen and oxygen atoms in total. The highest BCUT2D eigenvalue weighted by Gasteiger charge is 2.19. The minimum Gasteiger partial charge on any atom is -0.495 e. The van der Waals surface area contributed by atoms with Crippen molar-refractivity contribution in [1.82, 2.24) is 4.98 Å². The Morgan fingerprint density at radius 3 is 2.92 bits per heavy atom. The van der Waals surface area contributed by atoms with Crippen LogP contribution in [0, 0.1) is 21.4 Å². The summed E-state index contributed by atoms with van der Waals surface area (Å²) in [6.07, 6.45) is 1.22. The van der Waals surface area contributed by atoms with Crippen molar-refractivity contribution in [2.75, 3.05) is 7.11 Å². The van der Waals surface area contributed by atoms with E-state index in [4.69, 9.17) is 10.00 Å². The van der Waals surface area contributed by atoms with E-state index >= 15 is 0 Å². The van der Waals surface area contributed by atoms with Crippen molar-refractivity contribution in [2.45, 2.75) is 0 Å². The summed E-state index contributed by atoms with van der Waals surface area (Å²) in [4.78, 5) is 13.1. The van der Waals surface area contributed by atoms with E-state index in [0.29, 0.717) is 0 Å². The van der Waals surface area contributed by atoms with Gasteiger partial charge >= 0.3 is 5.82 Å². The van der Waals surface area contributed by atoms with Gasteiger partial charge in [-0.2, -0.15) is 5.26 Å². The lowest BCUT2D eigenvalue weighted by molar-refractivity contribution is -0.389. The zero-order valence-electron chi connectivity index (χ0n) is 6.72. The number of aromatic nitrogens is 1. The molecule has 0 aliphatic carbocycles. The highest BCUT2D eigenvalue weighted by molar-refractivity contribution is 5.52. The molecule has 0 spiro atoms. The van der Waals surface area contributed by atoms with Crippen LogP contribution in [0.15, 0.2) is 12.3 Å². The number of ether oxygens (including phenoxy) is 1. The van der Waals surface area contributed by atoms with Gasteiger partial charge in [0, 0.05) is 6.07 Å². The molecule has 6 heteroatoms. The first-order valence-corrected chi connectivity index (χ1v) is 3.28. The third kappa shape index (κ3) is 1.54. The summed E-state index contributed by atoms with van der Waals surface area (Å²) in [5.41, 5.74) is -0.157. The first kappa shape index (κ1) is 8.93. The van der Waals surface area contributed by atoms with Crippen molar-refractivity contribution in [3.8, 4) is 11.8 Å². The first-order valence-electron chi connectivity index (χ1n) is 3.28. The molecule has 66 valence electrons. The number of nitro groups is 1. The number of nitrogens with zero attached hydrogens (tertiary/aromatic N) is 3. The largest absolute Gasteiger partial charge is 0.495 e. The first-order chi connectivity index (χ1) is 6.20. The molecule has 0 aliphatic heterocycles. The predicted molar refractivity (Wildman–Crippen MR) is 42.2 cm³/mol. The number of nitriles is 1. The summed E-state index contributed by atoms with van der Waals surface area (Å²) in [5, 5.41) is 19.0. The van der Waals surface area contributed by atoms with E-state index in [1.54, 1.807) is 6.07 Å². The molecule has 0 saturated carbocycles. The Hall–Kier alpha value is -2.16. The molecule has 0 amide bonds. The lowest BCUT2D eigenvalue weighted by Crippen LogP contribution is -1.98. The average molecular weight is 179 g/mol. The van der Waals surface area contributed by atoms with Crippen molar-refractivity contribution >= 4 is 5.82 Å². The molecule has 1 aromatic rings. The summed E-state index contributed by atoms with van der Waals surface area (Å²) in [5.74, 6) is -0.328. The monoisotopic (exact) mass is 179 g/mol. The van der Waals surface area contributed by atoms with E-state index in [1.807, 2.05) is 0 Å². The molecule has 0 fully saturated rings. The SMILES string of the molecule is COc1ccnc([N+](=O)[O-])c1C#N. The highest BCUT2D eigenvalue weighted by atomic mass is 16.6. The normalized spacial score (nSPS) is 8.92. The molecule has 13 heavy (non-hydrogen) atoms. The van der Waals surface area contributed by atoms with E-state index in [2.05, 4.69) is 4.98 Å². The van der Waals surface area contributed by atoms with Gasteiger partial charge in [0.2, 0.25) is 0 Å². The molecule has 1 heterocycles. The Labute approximate surface area is 73.5 Å². The van der Waals surface area contributed by atoms with Crippen LogP contribution in [0.5, 0.6) is 5.75 Å². The van der Waals surface area contributed by atoms with Crippen LogP contribution in [-0.2, 0) is 0 Å². The second-order valence-corrected chi connectivity index (χ2v) is 2.08. The Bertz CT molecular complexity index is 383. The molecule has 1 rings (SSSR count). The van der Waals surface area contributed by atoms with Crippen LogP contribution < -0.4 is 4.74 Å². The molecular formula is C7H5N3O3. The molecule has 0 radical (unpaired) electrons. The number of pyridine rings is 1. The van der Waals surface area contributed by atoms with Crippen molar-refractivity contribution in [1.29, 1.82) is 5.26 Å². The molecule has 0 unspecified atom stereocenters. The third-order valence-electron chi connectivity index (χ3n) is 1.40. The summed E-state index contributed by atoms with van der Waals surface area (Å²) < 4.78 is 4.76. The fourth-order valence-electron chi connectivity index (χ4n) is 0.847. The maximum atomic E-state index is 10.4. The fourth-order valence-corrected chi connectivity index (χ4v) is 0.847. The van der Waals surface area contributed by atoms with E-state index in [1.165, 1.54) is 19.4 Å². The van der Waals surface area contributed by atoms with Crippen molar-refractivity contribution < 1.29 is 9.66 Å². The minimum atomic E-state index is -0.721. The van der Waals surface area contributed by atoms with Gasteiger partial charge in [-0.1, -0.05) is 0 Å². The van der Waals surface area contributed by atoms with Crippen LogP contribution in [0.3, 0.4) is 0 Å². The Morgan fingerprint density at radius 1 is 1.77 bits per heavy atom. The molecule has 1 aromatic heterocycles. The summed E-state index contributed by atoms with van der Waals surface area (Å²) in [6.45, 7) is 0. The van der Waals surface area contributed by atoms with E-state index in [9.17, 15) is 10.1 Å². The van der Waals surface area contributed by atoms with Gasteiger partial charge in [0.25, 0.3) is 0 Å². The summed E-state index contributed by atoms with van der Waals surface area (Å²) in [6, 6.07) is 3.06. The quantitative estimate of drug-likeness (QED) is 0.496. The van der Waals surface area contributed by atoms with Gasteiger partial charge in [-0.3, -0.25) is 0 Å². The van der Waals surface area contributed by atoms with Crippen LogP contribution in [-0.4, -0.2) is 17.0 Å². The number of hydrogen-bond acceptors (Lipinski definition) is 5. The molecule has 0 bridgehead atoms. The highest BCUT2D eigenvalue weighted by Crippen LogP contribution is 2.23.